The number of nitrogens with one attached hydrogen (secondary N) is 1. The highest BCUT2D eigenvalue weighted by Crippen LogP contribution is 2.15. The van der Waals surface area contributed by atoms with Crippen molar-refractivity contribution in [2.75, 3.05) is 0 Å². The first-order valence-electron chi connectivity index (χ1n) is 6.43. The molecule has 0 saturated carbocycles. The van der Waals surface area contributed by atoms with Gasteiger partial charge in [0.05, 0.1) is 31.2 Å². The third-order valence-corrected chi connectivity index (χ3v) is 2.98. The summed E-state index contributed by atoms with van der Waals surface area (Å²) in [6.07, 6.45) is 4.63. The average Bonchev–Trinajstić information content (AvgIpc) is 3.21. The predicted molar refractivity (Wildman–Crippen MR) is 73.2 cm³/mol. The van der Waals surface area contributed by atoms with Crippen molar-refractivity contribution in [1.29, 1.82) is 0 Å². The van der Waals surface area contributed by atoms with Crippen molar-refractivity contribution in [2.45, 2.75) is 12.6 Å². The molecular weight excluding hydrogens is 270 g/mol. The zero-order valence-corrected chi connectivity index (χ0v) is 11.1. The van der Waals surface area contributed by atoms with E-state index in [9.17, 15) is 4.79 Å². The standard InChI is InChI=1S/C14H13N5O2/c20-14(13-6-7-17-21-13)18-12(10-19-15-8-9-16-19)11-4-2-1-3-5-11/h1-9,12H,10H2,(H,18,20)/t12-/m1/s1. The molecule has 0 saturated heterocycles. The Hall–Kier alpha value is -2.96. The summed E-state index contributed by atoms with van der Waals surface area (Å²) in [5, 5.41) is 14.6. The molecule has 0 spiro atoms. The summed E-state index contributed by atoms with van der Waals surface area (Å²) in [5.74, 6) is -0.155. The largest absolute Gasteiger partial charge is 0.351 e. The maximum atomic E-state index is 12.1. The SMILES string of the molecule is O=C(N[C@H](Cn1nccn1)c1ccccc1)c1ccno1. The molecule has 2 aromatic heterocycles. The highest BCUT2D eigenvalue weighted by Gasteiger charge is 2.18. The number of nitrogens with zero attached hydrogens (tertiary/aromatic N) is 4. The quantitative estimate of drug-likeness (QED) is 0.765. The van der Waals surface area contributed by atoms with Gasteiger partial charge >= 0.3 is 0 Å². The highest BCUT2D eigenvalue weighted by atomic mass is 16.5. The third-order valence-electron chi connectivity index (χ3n) is 2.98. The van der Waals surface area contributed by atoms with Gasteiger partial charge in [-0.2, -0.15) is 15.0 Å². The number of hydrogen-bond acceptors (Lipinski definition) is 5. The fourth-order valence-corrected chi connectivity index (χ4v) is 1.98. The second-order valence-electron chi connectivity index (χ2n) is 4.40. The lowest BCUT2D eigenvalue weighted by atomic mass is 10.1. The minimum atomic E-state index is -0.325. The van der Waals surface area contributed by atoms with E-state index >= 15 is 0 Å². The molecule has 3 rings (SSSR count). The smallest absolute Gasteiger partial charge is 0.290 e. The molecule has 2 heterocycles. The molecule has 7 nitrogen and oxygen atoms in total. The van der Waals surface area contributed by atoms with Gasteiger partial charge in [-0.3, -0.25) is 4.79 Å². The van der Waals surface area contributed by atoms with Crippen molar-refractivity contribution >= 4 is 5.91 Å². The van der Waals surface area contributed by atoms with Gasteiger partial charge in [0.15, 0.2) is 0 Å². The van der Waals surface area contributed by atoms with Crippen molar-refractivity contribution in [3.8, 4) is 0 Å². The summed E-state index contributed by atoms with van der Waals surface area (Å²) in [5.41, 5.74) is 0.961. The van der Waals surface area contributed by atoms with Crippen LogP contribution < -0.4 is 5.32 Å². The molecule has 7 heteroatoms. The summed E-state index contributed by atoms with van der Waals surface area (Å²) in [6.45, 7) is 0.427. The van der Waals surface area contributed by atoms with Gasteiger partial charge in [-0.1, -0.05) is 35.5 Å². The first kappa shape index (κ1) is 13.0. The van der Waals surface area contributed by atoms with Crippen LogP contribution in [0.25, 0.3) is 0 Å². The predicted octanol–water partition coefficient (Wildman–Crippen LogP) is 1.44. The van der Waals surface area contributed by atoms with E-state index in [4.69, 9.17) is 4.52 Å². The van der Waals surface area contributed by atoms with Crippen LogP contribution in [-0.4, -0.2) is 26.1 Å². The summed E-state index contributed by atoms with van der Waals surface area (Å²) in [6, 6.07) is 10.9. The lowest BCUT2D eigenvalue weighted by Crippen LogP contribution is -2.31. The van der Waals surface area contributed by atoms with Crippen LogP contribution in [0.4, 0.5) is 0 Å². The molecule has 0 aliphatic heterocycles. The molecule has 1 N–H and O–H groups in total. The lowest BCUT2D eigenvalue weighted by Gasteiger charge is -2.17. The molecule has 0 fully saturated rings. The van der Waals surface area contributed by atoms with Crippen LogP contribution in [0.15, 0.2) is 59.5 Å². The van der Waals surface area contributed by atoms with E-state index in [1.807, 2.05) is 30.3 Å². The van der Waals surface area contributed by atoms with Gasteiger partial charge in [0.1, 0.15) is 0 Å². The molecule has 1 aromatic carbocycles. The van der Waals surface area contributed by atoms with Crippen molar-refractivity contribution in [3.05, 3.63) is 66.3 Å². The zero-order valence-electron chi connectivity index (χ0n) is 11.1. The summed E-state index contributed by atoms with van der Waals surface area (Å²) in [4.78, 5) is 13.6. The minimum absolute atomic E-state index is 0.171. The van der Waals surface area contributed by atoms with Crippen LogP contribution >= 0.6 is 0 Å². The van der Waals surface area contributed by atoms with Gasteiger partial charge in [-0.15, -0.1) is 0 Å². The van der Waals surface area contributed by atoms with Crippen molar-refractivity contribution in [3.63, 3.8) is 0 Å². The van der Waals surface area contributed by atoms with Crippen molar-refractivity contribution in [1.82, 2.24) is 25.5 Å². The van der Waals surface area contributed by atoms with Gasteiger partial charge in [0, 0.05) is 6.07 Å². The first-order chi connectivity index (χ1) is 10.3. The van der Waals surface area contributed by atoms with E-state index in [0.29, 0.717) is 6.54 Å². The normalized spacial score (nSPS) is 12.0. The van der Waals surface area contributed by atoms with Gasteiger partial charge in [0.25, 0.3) is 5.91 Å². The van der Waals surface area contributed by atoms with Crippen LogP contribution in [0, 0.1) is 0 Å². The Balaban J connectivity index is 1.80. The van der Waals surface area contributed by atoms with E-state index in [-0.39, 0.29) is 17.7 Å². The van der Waals surface area contributed by atoms with E-state index in [1.54, 1.807) is 12.4 Å². The Kier molecular flexibility index (Phi) is 3.72. The Labute approximate surface area is 120 Å². The van der Waals surface area contributed by atoms with Crippen LogP contribution in [0.3, 0.4) is 0 Å². The molecular formula is C14H13N5O2. The van der Waals surface area contributed by atoms with Crippen molar-refractivity contribution < 1.29 is 9.32 Å². The molecule has 21 heavy (non-hydrogen) atoms. The van der Waals surface area contributed by atoms with Crippen molar-refractivity contribution in [2.24, 2.45) is 0 Å². The fourth-order valence-electron chi connectivity index (χ4n) is 1.98. The molecule has 0 aliphatic carbocycles. The Bertz CT molecular complexity index is 680. The van der Waals surface area contributed by atoms with Crippen LogP contribution in [0.2, 0.25) is 0 Å². The van der Waals surface area contributed by atoms with E-state index < -0.39 is 0 Å². The zero-order chi connectivity index (χ0) is 14.5. The number of rotatable bonds is 5. The molecule has 0 bridgehead atoms. The average molecular weight is 283 g/mol. The van der Waals surface area contributed by atoms with E-state index in [2.05, 4.69) is 20.7 Å². The lowest BCUT2D eigenvalue weighted by molar-refractivity contribution is 0.0893. The van der Waals surface area contributed by atoms with Crippen LogP contribution in [0.1, 0.15) is 22.2 Å². The van der Waals surface area contributed by atoms with E-state index in [1.165, 1.54) is 17.1 Å². The van der Waals surface area contributed by atoms with Gasteiger partial charge in [-0.05, 0) is 5.56 Å². The molecule has 0 unspecified atom stereocenters. The number of hydrogen-bond donors (Lipinski definition) is 1. The molecule has 3 aromatic rings. The van der Waals surface area contributed by atoms with Gasteiger partial charge in [0.2, 0.25) is 5.76 Å². The summed E-state index contributed by atoms with van der Waals surface area (Å²) in [7, 11) is 0. The third kappa shape index (κ3) is 3.14. The van der Waals surface area contributed by atoms with Gasteiger partial charge in [-0.25, -0.2) is 0 Å². The number of amides is 1. The Morgan fingerprint density at radius 1 is 1.14 bits per heavy atom. The molecule has 1 atom stereocenters. The second-order valence-corrected chi connectivity index (χ2v) is 4.40. The van der Waals surface area contributed by atoms with Crippen LogP contribution in [-0.2, 0) is 6.54 Å². The first-order valence-corrected chi connectivity index (χ1v) is 6.43. The maximum absolute atomic E-state index is 12.1. The number of benzene rings is 1. The number of carbonyl (C=O) groups excluding carboxylic acids is 1. The minimum Gasteiger partial charge on any atom is -0.351 e. The monoisotopic (exact) mass is 283 g/mol. The summed E-state index contributed by atoms with van der Waals surface area (Å²) < 4.78 is 4.87. The maximum Gasteiger partial charge on any atom is 0.290 e. The summed E-state index contributed by atoms with van der Waals surface area (Å²) >= 11 is 0. The highest BCUT2D eigenvalue weighted by molar-refractivity contribution is 5.91. The second kappa shape index (κ2) is 6.00. The molecule has 1 amide bonds. The molecule has 106 valence electrons. The molecule has 0 radical (unpaired) electrons. The Morgan fingerprint density at radius 2 is 1.90 bits per heavy atom. The number of carbonyl (C=O) groups is 1. The fraction of sp³-hybridized carbons (Fsp3) is 0.143. The Morgan fingerprint density at radius 3 is 2.57 bits per heavy atom. The topological polar surface area (TPSA) is 85.8 Å². The van der Waals surface area contributed by atoms with Crippen LogP contribution in [0.5, 0.6) is 0 Å². The van der Waals surface area contributed by atoms with Gasteiger partial charge < -0.3 is 9.84 Å². The number of aromatic nitrogens is 4. The molecule has 0 aliphatic rings. The van der Waals surface area contributed by atoms with E-state index in [0.717, 1.165) is 5.56 Å².